The minimum Gasteiger partial charge on any atom is -0.398 e. The number of carbonyl (C=O) groups is 1. The average Bonchev–Trinajstić information content (AvgIpc) is 2.94. The molecule has 0 radical (unpaired) electrons. The van der Waals surface area contributed by atoms with Gasteiger partial charge in [-0.05, 0) is 31.2 Å². The quantitative estimate of drug-likeness (QED) is 0.439. The molecule has 3 aromatic rings. The fourth-order valence-electron chi connectivity index (χ4n) is 2.64. The molecule has 3 N–H and O–H groups in total. The van der Waals surface area contributed by atoms with Crippen molar-refractivity contribution in [2.75, 3.05) is 5.73 Å². The number of fused-ring (bicyclic) bond motifs is 1. The summed E-state index contributed by atoms with van der Waals surface area (Å²) in [6, 6.07) is 11.4. The van der Waals surface area contributed by atoms with Gasteiger partial charge < -0.3 is 11.1 Å². The van der Waals surface area contributed by atoms with E-state index in [1.165, 1.54) is 6.21 Å². The van der Waals surface area contributed by atoms with Crippen LogP contribution in [0.3, 0.4) is 0 Å². The van der Waals surface area contributed by atoms with Crippen LogP contribution in [0.5, 0.6) is 0 Å². The topological polar surface area (TPSA) is 84.8 Å². The van der Waals surface area contributed by atoms with Crippen LogP contribution in [0.1, 0.15) is 35.0 Å². The third-order valence-electron chi connectivity index (χ3n) is 3.93. The Bertz CT molecular complexity index is 907. The van der Waals surface area contributed by atoms with E-state index in [9.17, 15) is 4.79 Å². The van der Waals surface area contributed by atoms with Gasteiger partial charge in [0, 0.05) is 29.3 Å². The SMILES string of the molecule is CCC(=O)c1nn(-c2ccc(C)cc2)c2c(C=N)c(N)ccc12. The van der Waals surface area contributed by atoms with Crippen molar-refractivity contribution in [1.29, 1.82) is 5.41 Å². The lowest BCUT2D eigenvalue weighted by molar-refractivity contribution is 0.0984. The molecule has 2 aromatic carbocycles. The van der Waals surface area contributed by atoms with Gasteiger partial charge in [0.25, 0.3) is 0 Å². The van der Waals surface area contributed by atoms with Gasteiger partial charge in [-0.2, -0.15) is 5.10 Å². The van der Waals surface area contributed by atoms with Crippen molar-refractivity contribution < 1.29 is 4.79 Å². The van der Waals surface area contributed by atoms with Crippen molar-refractivity contribution in [3.8, 4) is 5.69 Å². The molecular weight excluding hydrogens is 288 g/mol. The molecule has 0 amide bonds. The number of nitrogen functional groups attached to an aromatic ring is 1. The number of ketones is 1. The number of nitrogens with one attached hydrogen (secondary N) is 1. The highest BCUT2D eigenvalue weighted by molar-refractivity contribution is 6.11. The molecular formula is C18H18N4O. The molecule has 0 aliphatic carbocycles. The van der Waals surface area contributed by atoms with Gasteiger partial charge in [0.1, 0.15) is 5.69 Å². The molecule has 23 heavy (non-hydrogen) atoms. The van der Waals surface area contributed by atoms with E-state index in [2.05, 4.69) is 5.10 Å². The van der Waals surface area contributed by atoms with E-state index in [-0.39, 0.29) is 5.78 Å². The summed E-state index contributed by atoms with van der Waals surface area (Å²) < 4.78 is 1.70. The largest absolute Gasteiger partial charge is 0.398 e. The van der Waals surface area contributed by atoms with Crippen LogP contribution in [0, 0.1) is 12.3 Å². The fourth-order valence-corrected chi connectivity index (χ4v) is 2.64. The van der Waals surface area contributed by atoms with Gasteiger partial charge in [0.15, 0.2) is 5.78 Å². The summed E-state index contributed by atoms with van der Waals surface area (Å²) in [6.07, 6.45) is 1.59. The molecule has 0 aliphatic rings. The number of hydrogen-bond donors (Lipinski definition) is 2. The molecule has 5 nitrogen and oxygen atoms in total. The molecule has 0 spiro atoms. The van der Waals surface area contributed by atoms with E-state index >= 15 is 0 Å². The second-order valence-corrected chi connectivity index (χ2v) is 5.48. The maximum Gasteiger partial charge on any atom is 0.183 e. The average molecular weight is 306 g/mol. The summed E-state index contributed by atoms with van der Waals surface area (Å²) in [4.78, 5) is 12.2. The van der Waals surface area contributed by atoms with Crippen LogP contribution in [-0.2, 0) is 0 Å². The minimum atomic E-state index is -0.0263. The third-order valence-corrected chi connectivity index (χ3v) is 3.93. The van der Waals surface area contributed by atoms with E-state index in [1.807, 2.05) is 38.1 Å². The summed E-state index contributed by atoms with van der Waals surface area (Å²) >= 11 is 0. The van der Waals surface area contributed by atoms with Crippen LogP contribution in [0.15, 0.2) is 36.4 Å². The number of benzene rings is 2. The number of aryl methyl sites for hydroxylation is 1. The highest BCUT2D eigenvalue weighted by Gasteiger charge is 2.20. The Morgan fingerprint density at radius 3 is 2.57 bits per heavy atom. The van der Waals surface area contributed by atoms with Crippen LogP contribution < -0.4 is 5.73 Å². The zero-order valence-corrected chi connectivity index (χ0v) is 13.1. The summed E-state index contributed by atoms with van der Waals surface area (Å²) in [5.41, 5.74) is 10.2. The van der Waals surface area contributed by atoms with Gasteiger partial charge in [0.05, 0.1) is 11.2 Å². The summed E-state index contributed by atoms with van der Waals surface area (Å²) in [5, 5.41) is 12.9. The number of aromatic nitrogens is 2. The number of hydrogen-bond acceptors (Lipinski definition) is 4. The first kappa shape index (κ1) is 15.0. The number of rotatable bonds is 4. The highest BCUT2D eigenvalue weighted by Crippen LogP contribution is 2.29. The predicted octanol–water partition coefficient (Wildman–Crippen LogP) is 3.51. The molecule has 0 saturated heterocycles. The lowest BCUT2D eigenvalue weighted by Crippen LogP contribution is -2.02. The molecule has 0 unspecified atom stereocenters. The molecule has 1 heterocycles. The molecule has 0 atom stereocenters. The highest BCUT2D eigenvalue weighted by atomic mass is 16.1. The summed E-state index contributed by atoms with van der Waals surface area (Å²) in [6.45, 7) is 3.83. The van der Waals surface area contributed by atoms with Crippen molar-refractivity contribution in [3.63, 3.8) is 0 Å². The van der Waals surface area contributed by atoms with Gasteiger partial charge in [-0.1, -0.05) is 24.6 Å². The van der Waals surface area contributed by atoms with Crippen molar-refractivity contribution in [2.45, 2.75) is 20.3 Å². The second-order valence-electron chi connectivity index (χ2n) is 5.48. The molecule has 1 aromatic heterocycles. The van der Waals surface area contributed by atoms with E-state index in [0.717, 1.165) is 16.6 Å². The number of nitrogens with zero attached hydrogens (tertiary/aromatic N) is 2. The van der Waals surface area contributed by atoms with Crippen molar-refractivity contribution in [2.24, 2.45) is 0 Å². The Labute approximate surface area is 134 Å². The maximum absolute atomic E-state index is 12.2. The first-order valence-corrected chi connectivity index (χ1v) is 7.48. The van der Waals surface area contributed by atoms with Crippen LogP contribution in [0.2, 0.25) is 0 Å². The van der Waals surface area contributed by atoms with E-state index < -0.39 is 0 Å². The first-order chi connectivity index (χ1) is 11.1. The Hall–Kier alpha value is -2.95. The minimum absolute atomic E-state index is 0.0263. The molecule has 0 bridgehead atoms. The lowest BCUT2D eigenvalue weighted by Gasteiger charge is -2.07. The van der Waals surface area contributed by atoms with Crippen LogP contribution >= 0.6 is 0 Å². The van der Waals surface area contributed by atoms with Gasteiger partial charge in [-0.3, -0.25) is 4.79 Å². The smallest absolute Gasteiger partial charge is 0.183 e. The normalized spacial score (nSPS) is 10.9. The second kappa shape index (κ2) is 5.68. The van der Waals surface area contributed by atoms with Gasteiger partial charge in [0.2, 0.25) is 0 Å². The first-order valence-electron chi connectivity index (χ1n) is 7.48. The standard InChI is InChI=1S/C18H18N4O/c1-3-16(23)17-13-8-9-15(20)14(10-19)18(13)22(21-17)12-6-4-11(2)5-7-12/h4-10,19H,3,20H2,1-2H3. The van der Waals surface area contributed by atoms with Crippen molar-refractivity contribution in [3.05, 3.63) is 53.2 Å². The zero-order valence-electron chi connectivity index (χ0n) is 13.1. The fraction of sp³-hybridized carbons (Fsp3) is 0.167. The molecule has 3 rings (SSSR count). The number of carbonyl (C=O) groups excluding carboxylic acids is 1. The molecule has 0 saturated carbocycles. The third kappa shape index (κ3) is 2.40. The Morgan fingerprint density at radius 1 is 1.26 bits per heavy atom. The molecule has 5 heteroatoms. The molecule has 0 aliphatic heterocycles. The van der Waals surface area contributed by atoms with Crippen LogP contribution in [-0.4, -0.2) is 21.8 Å². The zero-order chi connectivity index (χ0) is 16.6. The van der Waals surface area contributed by atoms with Gasteiger partial charge in [-0.25, -0.2) is 4.68 Å². The molecule has 0 fully saturated rings. The monoisotopic (exact) mass is 306 g/mol. The summed E-state index contributed by atoms with van der Waals surface area (Å²) in [7, 11) is 0. The van der Waals surface area contributed by atoms with Crippen molar-refractivity contribution >= 4 is 28.6 Å². The Kier molecular flexibility index (Phi) is 3.70. The van der Waals surface area contributed by atoms with E-state index in [1.54, 1.807) is 16.8 Å². The Balaban J connectivity index is 2.40. The number of Topliss-reactive ketones (excluding diaryl/α,β-unsaturated/α-hetero) is 1. The summed E-state index contributed by atoms with van der Waals surface area (Å²) in [5.74, 6) is -0.0263. The van der Waals surface area contributed by atoms with Gasteiger partial charge in [-0.15, -0.1) is 0 Å². The maximum atomic E-state index is 12.2. The predicted molar refractivity (Wildman–Crippen MR) is 92.7 cm³/mol. The van der Waals surface area contributed by atoms with Gasteiger partial charge >= 0.3 is 0 Å². The lowest BCUT2D eigenvalue weighted by atomic mass is 10.1. The number of nitrogens with two attached hydrogens (primary N) is 1. The van der Waals surface area contributed by atoms with E-state index in [4.69, 9.17) is 11.1 Å². The van der Waals surface area contributed by atoms with Crippen molar-refractivity contribution in [1.82, 2.24) is 9.78 Å². The van der Waals surface area contributed by atoms with Crippen LogP contribution in [0.25, 0.3) is 16.6 Å². The van der Waals surface area contributed by atoms with Crippen LogP contribution in [0.4, 0.5) is 5.69 Å². The van der Waals surface area contributed by atoms with E-state index in [0.29, 0.717) is 28.9 Å². The Morgan fingerprint density at radius 2 is 1.96 bits per heavy atom. The number of anilines is 1. The molecule has 116 valence electrons.